The van der Waals surface area contributed by atoms with Crippen LogP contribution in [-0.4, -0.2) is 56.2 Å². The van der Waals surface area contributed by atoms with Gasteiger partial charge in [-0.1, -0.05) is 25.4 Å². The summed E-state index contributed by atoms with van der Waals surface area (Å²) in [5, 5.41) is 16.2. The van der Waals surface area contributed by atoms with Crippen molar-refractivity contribution in [3.05, 3.63) is 35.1 Å². The van der Waals surface area contributed by atoms with Crippen LogP contribution >= 0.6 is 11.6 Å². The molecule has 2 aliphatic rings. The molecule has 8 nitrogen and oxygen atoms in total. The minimum atomic E-state index is -4.48. The van der Waals surface area contributed by atoms with Gasteiger partial charge in [0, 0.05) is 31.3 Å². The summed E-state index contributed by atoms with van der Waals surface area (Å²) in [7, 11) is 0. The van der Waals surface area contributed by atoms with Gasteiger partial charge < -0.3 is 15.0 Å². The summed E-state index contributed by atoms with van der Waals surface area (Å²) in [5.41, 5.74) is 2.34. The van der Waals surface area contributed by atoms with E-state index in [4.69, 9.17) is 16.3 Å². The molecule has 1 aliphatic heterocycles. The SMILES string of the molecule is CC(C)c1ccc(O[C@@H](C)C(F)(F)F)n2nc(NC3C4CCC3CN(c3cnnc(Cl)c3)C4)nc12. The third-order valence-corrected chi connectivity index (χ3v) is 7.15. The van der Waals surface area contributed by atoms with E-state index >= 15 is 0 Å². The quantitative estimate of drug-likeness (QED) is 0.503. The van der Waals surface area contributed by atoms with Crippen LogP contribution in [0.5, 0.6) is 5.88 Å². The number of halogens is 4. The molecule has 1 saturated heterocycles. The maximum absolute atomic E-state index is 13.1. The number of aromatic nitrogens is 5. The molecule has 2 fully saturated rings. The molecule has 0 aromatic carbocycles. The van der Waals surface area contributed by atoms with E-state index in [2.05, 4.69) is 30.5 Å². The largest absolute Gasteiger partial charge is 0.465 e. The first kappa shape index (κ1) is 23.9. The second-order valence-electron chi connectivity index (χ2n) is 9.66. The Labute approximate surface area is 205 Å². The maximum atomic E-state index is 13.1. The first-order chi connectivity index (χ1) is 16.6. The first-order valence-electron chi connectivity index (χ1n) is 11.7. The number of nitrogens with zero attached hydrogens (tertiary/aromatic N) is 6. The van der Waals surface area contributed by atoms with Crippen molar-refractivity contribution in [2.75, 3.05) is 23.3 Å². The monoisotopic (exact) mass is 509 g/mol. The van der Waals surface area contributed by atoms with Gasteiger partial charge in [-0.2, -0.15) is 27.8 Å². The van der Waals surface area contributed by atoms with Crippen molar-refractivity contribution in [2.45, 2.75) is 57.9 Å². The summed E-state index contributed by atoms with van der Waals surface area (Å²) < 4.78 is 46.0. The summed E-state index contributed by atoms with van der Waals surface area (Å²) in [5.74, 6) is 1.24. The maximum Gasteiger partial charge on any atom is 0.425 e. The lowest BCUT2D eigenvalue weighted by atomic mass is 9.92. The van der Waals surface area contributed by atoms with Crippen LogP contribution in [0.25, 0.3) is 5.65 Å². The number of rotatable bonds is 6. The fourth-order valence-electron chi connectivity index (χ4n) is 5.13. The predicted molar refractivity (Wildman–Crippen MR) is 126 cm³/mol. The van der Waals surface area contributed by atoms with Gasteiger partial charge in [0.2, 0.25) is 11.8 Å². The van der Waals surface area contributed by atoms with Crippen LogP contribution in [0.15, 0.2) is 24.4 Å². The fourth-order valence-corrected chi connectivity index (χ4v) is 5.29. The molecular formula is C23H27ClF3N7O. The van der Waals surface area contributed by atoms with E-state index in [-0.39, 0.29) is 17.8 Å². The summed E-state index contributed by atoms with van der Waals surface area (Å²) in [6.07, 6.45) is -2.60. The van der Waals surface area contributed by atoms with E-state index in [1.54, 1.807) is 12.3 Å². The van der Waals surface area contributed by atoms with E-state index < -0.39 is 12.3 Å². The zero-order valence-corrected chi connectivity index (χ0v) is 20.4. The molecule has 0 amide bonds. The Morgan fingerprint density at radius 2 is 1.86 bits per heavy atom. The smallest absolute Gasteiger partial charge is 0.425 e. The van der Waals surface area contributed by atoms with Gasteiger partial charge in [0.15, 0.2) is 16.9 Å². The molecule has 1 N–H and O–H groups in total. The van der Waals surface area contributed by atoms with Crippen LogP contribution in [-0.2, 0) is 0 Å². The molecule has 2 bridgehead atoms. The number of alkyl halides is 3. The number of ether oxygens (including phenoxy) is 1. The normalized spacial score (nSPS) is 23.2. The molecule has 0 spiro atoms. The summed E-state index contributed by atoms with van der Waals surface area (Å²) in [6, 6.07) is 5.27. The Kier molecular flexibility index (Phi) is 6.14. The highest BCUT2D eigenvalue weighted by Crippen LogP contribution is 2.40. The highest BCUT2D eigenvalue weighted by atomic mass is 35.5. The molecule has 35 heavy (non-hydrogen) atoms. The molecule has 1 aliphatic carbocycles. The van der Waals surface area contributed by atoms with Gasteiger partial charge in [-0.25, -0.2) is 0 Å². The Morgan fingerprint density at radius 1 is 1.14 bits per heavy atom. The van der Waals surface area contributed by atoms with Gasteiger partial charge >= 0.3 is 6.18 Å². The van der Waals surface area contributed by atoms with Crippen LogP contribution < -0.4 is 15.0 Å². The predicted octanol–water partition coefficient (Wildman–Crippen LogP) is 4.95. The van der Waals surface area contributed by atoms with E-state index in [1.165, 1.54) is 10.6 Å². The standard InChI is InChI=1S/C23H27ClF3N7O/c1-12(2)17-6-7-19(35-13(3)23(25,26)27)34-21(17)30-22(32-34)29-20-14-4-5-15(20)11-33(10-14)16-8-18(24)31-28-9-16/h6-9,12-15,20H,4-5,10-11H2,1-3H3,(H,29,32)/t13-,14?,15?,20?/m0/s1. The van der Waals surface area contributed by atoms with Crippen LogP contribution in [0, 0.1) is 11.8 Å². The second-order valence-corrected chi connectivity index (χ2v) is 10.1. The lowest BCUT2D eigenvalue weighted by Crippen LogP contribution is -2.48. The third-order valence-electron chi connectivity index (χ3n) is 6.97. The van der Waals surface area contributed by atoms with Crippen molar-refractivity contribution >= 4 is 28.9 Å². The highest BCUT2D eigenvalue weighted by molar-refractivity contribution is 6.29. The molecule has 3 atom stereocenters. The van der Waals surface area contributed by atoms with Crippen molar-refractivity contribution < 1.29 is 17.9 Å². The van der Waals surface area contributed by atoms with Gasteiger partial charge in [0.1, 0.15) is 0 Å². The molecule has 12 heteroatoms. The van der Waals surface area contributed by atoms with E-state index in [1.807, 2.05) is 19.9 Å². The van der Waals surface area contributed by atoms with Gasteiger partial charge in [0.05, 0.1) is 11.9 Å². The minimum absolute atomic E-state index is 0.00892. The molecule has 4 heterocycles. The lowest BCUT2D eigenvalue weighted by Gasteiger charge is -2.39. The molecule has 3 aromatic heterocycles. The zero-order valence-electron chi connectivity index (χ0n) is 19.6. The molecule has 3 aromatic rings. The third kappa shape index (κ3) is 4.70. The Hall–Kier alpha value is -2.82. The van der Waals surface area contributed by atoms with Crippen molar-refractivity contribution in [1.82, 2.24) is 24.8 Å². The minimum Gasteiger partial charge on any atom is -0.465 e. The fraction of sp³-hybridized carbons (Fsp3) is 0.565. The van der Waals surface area contributed by atoms with Crippen molar-refractivity contribution in [3.63, 3.8) is 0 Å². The van der Waals surface area contributed by atoms with Crippen LogP contribution in [0.3, 0.4) is 0 Å². The number of nitrogens with one attached hydrogen (secondary N) is 1. The molecule has 0 radical (unpaired) electrons. The molecular weight excluding hydrogens is 483 g/mol. The first-order valence-corrected chi connectivity index (χ1v) is 12.1. The topological polar surface area (TPSA) is 80.5 Å². The Morgan fingerprint density at radius 3 is 2.49 bits per heavy atom. The molecule has 1 saturated carbocycles. The number of piperidine rings is 1. The van der Waals surface area contributed by atoms with Crippen molar-refractivity contribution in [1.29, 1.82) is 0 Å². The summed E-state index contributed by atoms with van der Waals surface area (Å²) in [4.78, 5) is 6.95. The average Bonchev–Trinajstić information content (AvgIpc) is 3.30. The van der Waals surface area contributed by atoms with Crippen LogP contribution in [0.2, 0.25) is 5.15 Å². The number of hydrogen-bond donors (Lipinski definition) is 1. The summed E-state index contributed by atoms with van der Waals surface area (Å²) >= 11 is 6.03. The average molecular weight is 510 g/mol. The lowest BCUT2D eigenvalue weighted by molar-refractivity contribution is -0.190. The molecule has 5 rings (SSSR count). The highest BCUT2D eigenvalue weighted by Gasteiger charge is 2.43. The molecule has 188 valence electrons. The Bertz CT molecular complexity index is 1200. The van der Waals surface area contributed by atoms with Gasteiger partial charge in [-0.05, 0) is 49.1 Å². The van der Waals surface area contributed by atoms with Crippen molar-refractivity contribution in [3.8, 4) is 5.88 Å². The van der Waals surface area contributed by atoms with E-state index in [9.17, 15) is 13.2 Å². The summed E-state index contributed by atoms with van der Waals surface area (Å²) in [6.45, 7) is 6.66. The van der Waals surface area contributed by atoms with Crippen molar-refractivity contribution in [2.24, 2.45) is 11.8 Å². The number of fused-ring (bicyclic) bond motifs is 3. The van der Waals surface area contributed by atoms with E-state index in [0.717, 1.165) is 44.1 Å². The zero-order chi connectivity index (χ0) is 24.9. The number of anilines is 2. The van der Waals surface area contributed by atoms with E-state index in [0.29, 0.717) is 28.6 Å². The van der Waals surface area contributed by atoms with Crippen LogP contribution in [0.4, 0.5) is 24.8 Å². The van der Waals surface area contributed by atoms with Crippen LogP contribution in [0.1, 0.15) is 45.1 Å². The number of pyridine rings is 1. The van der Waals surface area contributed by atoms with Gasteiger partial charge in [-0.15, -0.1) is 10.2 Å². The second kappa shape index (κ2) is 9.00. The Balaban J connectivity index is 1.40. The van der Waals surface area contributed by atoms with Gasteiger partial charge in [-0.3, -0.25) is 0 Å². The molecule has 2 unspecified atom stereocenters. The number of hydrogen-bond acceptors (Lipinski definition) is 7. The van der Waals surface area contributed by atoms with Gasteiger partial charge in [0.25, 0.3) is 0 Å².